The van der Waals surface area contributed by atoms with E-state index in [-0.39, 0.29) is 31.3 Å². The number of hydrogen-bond donors (Lipinski definition) is 0. The second-order valence-electron chi connectivity index (χ2n) is 2.64. The van der Waals surface area contributed by atoms with Crippen molar-refractivity contribution in [1.82, 2.24) is 0 Å². The first kappa shape index (κ1) is 17.8. The molecule has 0 radical (unpaired) electrons. The molecule has 0 aromatic heterocycles. The molecule has 2 rings (SSSR count). The minimum atomic E-state index is 0. The van der Waals surface area contributed by atoms with Crippen molar-refractivity contribution < 1.29 is 48.6 Å². The molecule has 0 atom stereocenters. The van der Waals surface area contributed by atoms with Gasteiger partial charge in [-0.2, -0.15) is 18.6 Å². The van der Waals surface area contributed by atoms with Gasteiger partial charge in [0.25, 0.3) is 0 Å². The quantitative estimate of drug-likeness (QED) is 0.378. The molecule has 0 N–H and O–H groups in total. The van der Waals surface area contributed by atoms with Crippen LogP contribution in [0.2, 0.25) is 0 Å². The third-order valence-corrected chi connectivity index (χ3v) is 1.88. The molecule has 4 heteroatoms. The molecule has 2 aromatic carbocycles. The molecule has 0 heterocycles. The Morgan fingerprint density at radius 1 is 0.933 bits per heavy atom. The van der Waals surface area contributed by atoms with Crippen LogP contribution in [0, 0.1) is 6.92 Å². The van der Waals surface area contributed by atoms with Crippen molar-refractivity contribution in [1.29, 1.82) is 0 Å². The molecule has 0 aliphatic carbocycles. The van der Waals surface area contributed by atoms with Gasteiger partial charge in [0.15, 0.2) is 0 Å². The first-order valence-electron chi connectivity index (χ1n) is 3.94. The van der Waals surface area contributed by atoms with Gasteiger partial charge in [-0.25, -0.2) is 0 Å². The third kappa shape index (κ3) is 4.82. The van der Waals surface area contributed by atoms with Crippen molar-refractivity contribution in [3.63, 3.8) is 0 Å². The first-order chi connectivity index (χ1) is 6.38. The van der Waals surface area contributed by atoms with Crippen molar-refractivity contribution in [3.05, 3.63) is 55.0 Å². The molecule has 0 unspecified atom stereocenters. The maximum atomic E-state index is 4.76. The van der Waals surface area contributed by atoms with E-state index >= 15 is 0 Å². The molecular formula is C11H9Cl2LiZn. The van der Waals surface area contributed by atoms with Crippen LogP contribution in [0.25, 0.3) is 10.8 Å². The smallest absolute Gasteiger partial charge is 1.00 e. The SMILES string of the molecule is [CH2-]c1cccc2ccccc12.[Cl-].[Cl][Zn+].[Li+]. The molecule has 70 valence electrons. The van der Waals surface area contributed by atoms with E-state index in [9.17, 15) is 0 Å². The van der Waals surface area contributed by atoms with Crippen LogP contribution < -0.4 is 31.3 Å². The summed E-state index contributed by atoms with van der Waals surface area (Å²) in [4.78, 5) is 0. The molecule has 0 nitrogen and oxygen atoms in total. The van der Waals surface area contributed by atoms with E-state index in [0.717, 1.165) is 22.9 Å². The minimum absolute atomic E-state index is 0. The van der Waals surface area contributed by atoms with Gasteiger partial charge < -0.3 is 12.4 Å². The van der Waals surface area contributed by atoms with Crippen LogP contribution in [-0.2, 0) is 17.3 Å². The molecule has 0 fully saturated rings. The predicted octanol–water partition coefficient (Wildman–Crippen LogP) is -2.28. The number of benzene rings is 2. The summed E-state index contributed by atoms with van der Waals surface area (Å²) in [5, 5.41) is 2.51. The summed E-state index contributed by atoms with van der Waals surface area (Å²) in [6.07, 6.45) is 0. The van der Waals surface area contributed by atoms with Gasteiger partial charge in [-0.1, -0.05) is 29.7 Å². The summed E-state index contributed by atoms with van der Waals surface area (Å²) in [7, 11) is 4.76. The largest absolute Gasteiger partial charge is 1.00 e. The zero-order valence-corrected chi connectivity index (χ0v) is 13.2. The van der Waals surface area contributed by atoms with E-state index in [1.165, 1.54) is 10.8 Å². The molecule has 0 aliphatic rings. The molecule has 0 saturated carbocycles. The molecule has 0 spiro atoms. The Morgan fingerprint density at radius 3 is 2.07 bits per heavy atom. The molecule has 0 bridgehead atoms. The average molecular weight is 284 g/mol. The topological polar surface area (TPSA) is 0 Å². The van der Waals surface area contributed by atoms with E-state index in [0.29, 0.717) is 0 Å². The standard InChI is InChI=1S/C11H9.2ClH.Li.Zn/c1-9-5-4-7-10-6-2-3-8-11(9)10;;;;/h2-8H,1H2;2*1H;;/q-1;;;+1;+2/p-2. The Balaban J connectivity index is 0. The van der Waals surface area contributed by atoms with Crippen LogP contribution >= 0.6 is 9.69 Å². The van der Waals surface area contributed by atoms with Crippen LogP contribution in [0.15, 0.2) is 42.5 Å². The molecule has 0 aliphatic heterocycles. The Labute approximate surface area is 123 Å². The Morgan fingerprint density at radius 2 is 1.47 bits per heavy atom. The van der Waals surface area contributed by atoms with Gasteiger partial charge in [0.1, 0.15) is 0 Å². The van der Waals surface area contributed by atoms with Gasteiger partial charge in [0.2, 0.25) is 0 Å². The molecule has 0 amide bonds. The fourth-order valence-corrected chi connectivity index (χ4v) is 1.29. The van der Waals surface area contributed by atoms with Crippen molar-refractivity contribution >= 4 is 20.5 Å². The van der Waals surface area contributed by atoms with E-state index in [2.05, 4.69) is 25.1 Å². The summed E-state index contributed by atoms with van der Waals surface area (Å²) in [6, 6.07) is 14.4. The summed E-state index contributed by atoms with van der Waals surface area (Å²) in [6.45, 7) is 3.95. The van der Waals surface area contributed by atoms with Crippen LogP contribution in [0.5, 0.6) is 0 Å². The van der Waals surface area contributed by atoms with Gasteiger partial charge in [-0.3, -0.25) is 0 Å². The van der Waals surface area contributed by atoms with Crippen LogP contribution in [-0.4, -0.2) is 0 Å². The zero-order valence-electron chi connectivity index (χ0n) is 8.71. The maximum absolute atomic E-state index is 4.76. The second kappa shape index (κ2) is 9.59. The fraction of sp³-hybridized carbons (Fsp3) is 0. The molecule has 15 heavy (non-hydrogen) atoms. The van der Waals surface area contributed by atoms with Crippen LogP contribution in [0.3, 0.4) is 0 Å². The van der Waals surface area contributed by atoms with Gasteiger partial charge in [0, 0.05) is 0 Å². The van der Waals surface area contributed by atoms with E-state index < -0.39 is 0 Å². The minimum Gasteiger partial charge on any atom is 1.00 e. The predicted molar refractivity (Wildman–Crippen MR) is 54.3 cm³/mol. The van der Waals surface area contributed by atoms with Gasteiger partial charge in [0.05, 0.1) is 0 Å². The van der Waals surface area contributed by atoms with Gasteiger partial charge in [-0.15, -0.1) is 17.5 Å². The van der Waals surface area contributed by atoms with Crippen LogP contribution in [0.1, 0.15) is 5.56 Å². The monoisotopic (exact) mass is 282 g/mol. The number of halogens is 2. The first-order valence-corrected chi connectivity index (χ1v) is 7.84. The zero-order chi connectivity index (χ0) is 9.68. The number of rotatable bonds is 0. The van der Waals surface area contributed by atoms with Crippen molar-refractivity contribution in [2.45, 2.75) is 0 Å². The summed E-state index contributed by atoms with van der Waals surface area (Å²) in [5.41, 5.74) is 1.10. The van der Waals surface area contributed by atoms with Crippen molar-refractivity contribution in [2.75, 3.05) is 0 Å². The average Bonchev–Trinajstić information content (AvgIpc) is 2.22. The number of hydrogen-bond acceptors (Lipinski definition) is 0. The Hall–Kier alpha value is 0.371. The van der Waals surface area contributed by atoms with E-state index in [1.807, 2.05) is 24.3 Å². The molecule has 2 aromatic rings. The van der Waals surface area contributed by atoms with Crippen LogP contribution in [0.4, 0.5) is 0 Å². The third-order valence-electron chi connectivity index (χ3n) is 1.88. The normalized spacial score (nSPS) is 7.93. The second-order valence-corrected chi connectivity index (χ2v) is 2.64. The molecule has 0 saturated heterocycles. The van der Waals surface area contributed by atoms with Crippen molar-refractivity contribution in [3.8, 4) is 0 Å². The van der Waals surface area contributed by atoms with Gasteiger partial charge in [-0.05, 0) is 0 Å². The molecular weight excluding hydrogens is 275 g/mol. The van der Waals surface area contributed by atoms with Crippen molar-refractivity contribution in [2.24, 2.45) is 0 Å². The van der Waals surface area contributed by atoms with E-state index in [1.54, 1.807) is 0 Å². The Bertz CT molecular complexity index is 388. The maximum Gasteiger partial charge on any atom is 1.00 e. The fourth-order valence-electron chi connectivity index (χ4n) is 1.29. The van der Waals surface area contributed by atoms with Gasteiger partial charge >= 0.3 is 45.9 Å². The summed E-state index contributed by atoms with van der Waals surface area (Å²) >= 11 is 0.847. The summed E-state index contributed by atoms with van der Waals surface area (Å²) in [5.74, 6) is 0. The number of fused-ring (bicyclic) bond motifs is 1. The van der Waals surface area contributed by atoms with E-state index in [4.69, 9.17) is 9.69 Å². The summed E-state index contributed by atoms with van der Waals surface area (Å²) < 4.78 is 0. The Kier molecular flexibility index (Phi) is 11.3.